The molecule has 0 radical (unpaired) electrons. The standard InChI is InChI=1S/C18H13Br3/c19-14-8-9-17(20)16(11-14)18(21)10-13-6-3-5-12-4-1-2-7-15(12)13/h1-9,11,18H,10H2. The second-order valence-corrected chi connectivity index (χ2v) is 7.85. The summed E-state index contributed by atoms with van der Waals surface area (Å²) in [7, 11) is 0. The Kier molecular flexibility index (Phi) is 4.82. The van der Waals surface area contributed by atoms with E-state index in [0.29, 0.717) is 0 Å². The molecule has 21 heavy (non-hydrogen) atoms. The molecule has 0 aromatic heterocycles. The summed E-state index contributed by atoms with van der Waals surface area (Å²) < 4.78 is 2.23. The van der Waals surface area contributed by atoms with Crippen LogP contribution in [0.5, 0.6) is 0 Å². The van der Waals surface area contributed by atoms with Gasteiger partial charge >= 0.3 is 0 Å². The van der Waals surface area contributed by atoms with Crippen molar-refractivity contribution in [2.75, 3.05) is 0 Å². The van der Waals surface area contributed by atoms with Crippen LogP contribution in [-0.2, 0) is 6.42 Å². The van der Waals surface area contributed by atoms with E-state index in [9.17, 15) is 0 Å². The smallest absolute Gasteiger partial charge is 0.0447 e. The fourth-order valence-corrected chi connectivity index (χ4v) is 4.46. The molecule has 3 rings (SSSR count). The topological polar surface area (TPSA) is 0 Å². The summed E-state index contributed by atoms with van der Waals surface area (Å²) in [5.41, 5.74) is 2.62. The highest BCUT2D eigenvalue weighted by molar-refractivity contribution is 9.11. The van der Waals surface area contributed by atoms with Crippen LogP contribution in [0.25, 0.3) is 10.8 Å². The summed E-state index contributed by atoms with van der Waals surface area (Å²) in [4.78, 5) is 0.273. The van der Waals surface area contributed by atoms with Crippen LogP contribution in [0.2, 0.25) is 0 Å². The van der Waals surface area contributed by atoms with Crippen LogP contribution in [0, 0.1) is 0 Å². The van der Waals surface area contributed by atoms with Crippen molar-refractivity contribution in [3.63, 3.8) is 0 Å². The number of hydrogen-bond acceptors (Lipinski definition) is 0. The summed E-state index contributed by atoms with van der Waals surface area (Å²) in [6.45, 7) is 0. The zero-order chi connectivity index (χ0) is 14.8. The molecule has 0 bridgehead atoms. The Hall–Kier alpha value is -0.640. The Morgan fingerprint density at radius 3 is 2.48 bits per heavy atom. The Morgan fingerprint density at radius 1 is 0.857 bits per heavy atom. The van der Waals surface area contributed by atoms with Crippen molar-refractivity contribution < 1.29 is 0 Å². The number of rotatable bonds is 3. The van der Waals surface area contributed by atoms with Gasteiger partial charge in [0.15, 0.2) is 0 Å². The average Bonchev–Trinajstić information content (AvgIpc) is 2.50. The van der Waals surface area contributed by atoms with Gasteiger partial charge < -0.3 is 0 Å². The summed E-state index contributed by atoms with van der Waals surface area (Å²) in [6.07, 6.45) is 0.955. The SMILES string of the molecule is Brc1ccc(Br)c(C(Br)Cc2cccc3ccccc23)c1. The van der Waals surface area contributed by atoms with Crippen LogP contribution >= 0.6 is 47.8 Å². The highest BCUT2D eigenvalue weighted by Crippen LogP contribution is 2.35. The van der Waals surface area contributed by atoms with Gasteiger partial charge in [0.25, 0.3) is 0 Å². The van der Waals surface area contributed by atoms with Crippen molar-refractivity contribution in [3.05, 3.63) is 80.7 Å². The van der Waals surface area contributed by atoms with Gasteiger partial charge in [-0.25, -0.2) is 0 Å². The van der Waals surface area contributed by atoms with Gasteiger partial charge in [-0.2, -0.15) is 0 Å². The molecular formula is C18H13Br3. The first-order chi connectivity index (χ1) is 10.1. The highest BCUT2D eigenvalue weighted by Gasteiger charge is 2.14. The molecule has 0 amide bonds. The van der Waals surface area contributed by atoms with Crippen LogP contribution in [-0.4, -0.2) is 0 Å². The molecule has 0 fully saturated rings. The first kappa shape index (κ1) is 15.3. The third-order valence-electron chi connectivity index (χ3n) is 3.57. The van der Waals surface area contributed by atoms with E-state index in [-0.39, 0.29) is 4.83 Å². The lowest BCUT2D eigenvalue weighted by Crippen LogP contribution is -1.97. The maximum absolute atomic E-state index is 3.84. The van der Waals surface area contributed by atoms with Gasteiger partial charge in [-0.15, -0.1) is 0 Å². The first-order valence-electron chi connectivity index (χ1n) is 6.71. The predicted molar refractivity (Wildman–Crippen MR) is 101 cm³/mol. The highest BCUT2D eigenvalue weighted by atomic mass is 79.9. The van der Waals surface area contributed by atoms with Crippen LogP contribution in [0.15, 0.2) is 69.6 Å². The molecule has 0 nitrogen and oxygen atoms in total. The van der Waals surface area contributed by atoms with Crippen molar-refractivity contribution in [3.8, 4) is 0 Å². The Balaban J connectivity index is 1.96. The summed E-state index contributed by atoms with van der Waals surface area (Å²) in [5, 5.41) is 2.62. The third-order valence-corrected chi connectivity index (χ3v) is 5.61. The summed E-state index contributed by atoms with van der Waals surface area (Å²) >= 11 is 11.0. The normalized spacial score (nSPS) is 12.5. The summed E-state index contributed by atoms with van der Waals surface area (Å²) in [5.74, 6) is 0. The van der Waals surface area contributed by atoms with E-state index in [2.05, 4.69) is 102 Å². The van der Waals surface area contributed by atoms with E-state index in [1.54, 1.807) is 0 Å². The third kappa shape index (κ3) is 3.41. The van der Waals surface area contributed by atoms with E-state index < -0.39 is 0 Å². The minimum Gasteiger partial charge on any atom is -0.0835 e. The molecule has 1 unspecified atom stereocenters. The van der Waals surface area contributed by atoms with Crippen molar-refractivity contribution in [2.24, 2.45) is 0 Å². The van der Waals surface area contributed by atoms with E-state index in [1.165, 1.54) is 21.9 Å². The molecule has 3 aromatic carbocycles. The van der Waals surface area contributed by atoms with Crippen LogP contribution in [0.3, 0.4) is 0 Å². The van der Waals surface area contributed by atoms with Gasteiger partial charge in [0.05, 0.1) is 0 Å². The van der Waals surface area contributed by atoms with Crippen molar-refractivity contribution >= 4 is 58.6 Å². The molecule has 106 valence electrons. The van der Waals surface area contributed by atoms with Crippen LogP contribution in [0.4, 0.5) is 0 Å². The van der Waals surface area contributed by atoms with Gasteiger partial charge in [-0.3, -0.25) is 0 Å². The van der Waals surface area contributed by atoms with Gasteiger partial charge in [0.1, 0.15) is 0 Å². The first-order valence-corrected chi connectivity index (χ1v) is 9.21. The molecule has 3 heteroatoms. The van der Waals surface area contributed by atoms with Gasteiger partial charge in [-0.1, -0.05) is 90.3 Å². The zero-order valence-electron chi connectivity index (χ0n) is 11.2. The molecule has 0 heterocycles. The molecular weight excluding hydrogens is 456 g/mol. The van der Waals surface area contributed by atoms with E-state index >= 15 is 0 Å². The quantitative estimate of drug-likeness (QED) is 0.361. The lowest BCUT2D eigenvalue weighted by atomic mass is 9.98. The molecule has 0 saturated carbocycles. The van der Waals surface area contributed by atoms with Gasteiger partial charge in [0, 0.05) is 13.8 Å². The second kappa shape index (κ2) is 6.64. The van der Waals surface area contributed by atoms with E-state index in [0.717, 1.165) is 15.4 Å². The number of halogens is 3. The minimum absolute atomic E-state index is 0.273. The molecule has 0 aliphatic heterocycles. The molecule has 0 aliphatic rings. The number of alkyl halides is 1. The molecule has 1 atom stereocenters. The fourth-order valence-electron chi connectivity index (χ4n) is 2.53. The van der Waals surface area contributed by atoms with Gasteiger partial charge in [-0.05, 0) is 46.5 Å². The minimum atomic E-state index is 0.273. The van der Waals surface area contributed by atoms with Crippen molar-refractivity contribution in [1.82, 2.24) is 0 Å². The van der Waals surface area contributed by atoms with Crippen LogP contribution in [0.1, 0.15) is 16.0 Å². The number of fused-ring (bicyclic) bond motifs is 1. The number of benzene rings is 3. The molecule has 3 aromatic rings. The lowest BCUT2D eigenvalue weighted by Gasteiger charge is -2.14. The average molecular weight is 469 g/mol. The Bertz CT molecular complexity index is 775. The zero-order valence-corrected chi connectivity index (χ0v) is 15.9. The molecule has 0 spiro atoms. The Labute approximate surface area is 150 Å². The second-order valence-electron chi connectivity index (χ2n) is 4.98. The summed E-state index contributed by atoms with van der Waals surface area (Å²) in [6, 6.07) is 21.3. The largest absolute Gasteiger partial charge is 0.0835 e. The lowest BCUT2D eigenvalue weighted by molar-refractivity contribution is 0.950. The van der Waals surface area contributed by atoms with E-state index in [1.807, 2.05) is 6.07 Å². The maximum Gasteiger partial charge on any atom is 0.0447 e. The molecule has 0 aliphatic carbocycles. The van der Waals surface area contributed by atoms with Gasteiger partial charge in [0.2, 0.25) is 0 Å². The van der Waals surface area contributed by atoms with E-state index in [4.69, 9.17) is 0 Å². The monoisotopic (exact) mass is 466 g/mol. The molecule has 0 N–H and O–H groups in total. The van der Waals surface area contributed by atoms with Crippen molar-refractivity contribution in [2.45, 2.75) is 11.2 Å². The fraction of sp³-hybridized carbons (Fsp3) is 0.111. The van der Waals surface area contributed by atoms with Crippen LogP contribution < -0.4 is 0 Å². The molecule has 0 saturated heterocycles. The Morgan fingerprint density at radius 2 is 1.62 bits per heavy atom. The number of hydrogen-bond donors (Lipinski definition) is 0. The van der Waals surface area contributed by atoms with Crippen molar-refractivity contribution in [1.29, 1.82) is 0 Å². The predicted octanol–water partition coefficient (Wildman–Crippen LogP) is 7.04. The maximum atomic E-state index is 3.84.